The van der Waals surface area contributed by atoms with Crippen LogP contribution in [-0.2, 0) is 6.18 Å². The summed E-state index contributed by atoms with van der Waals surface area (Å²) in [5, 5.41) is 2.36. The Morgan fingerprint density at radius 1 is 1.27 bits per heavy atom. The summed E-state index contributed by atoms with van der Waals surface area (Å²) < 4.78 is 42.9. The van der Waals surface area contributed by atoms with Crippen LogP contribution in [0.4, 0.5) is 18.9 Å². The van der Waals surface area contributed by atoms with Gasteiger partial charge in [-0.1, -0.05) is 0 Å². The summed E-state index contributed by atoms with van der Waals surface area (Å²) >= 11 is 0. The normalized spacial score (nSPS) is 15.3. The molecule has 0 aliphatic carbocycles. The van der Waals surface area contributed by atoms with Crippen LogP contribution in [0.3, 0.4) is 0 Å². The van der Waals surface area contributed by atoms with Gasteiger partial charge in [-0.3, -0.25) is 4.79 Å². The average Bonchev–Trinajstić information content (AvgIpc) is 2.66. The van der Waals surface area contributed by atoms with Crippen molar-refractivity contribution in [3.63, 3.8) is 0 Å². The molecule has 0 saturated carbocycles. The first-order valence-electron chi connectivity index (χ1n) is 4.18. The van der Waals surface area contributed by atoms with Crippen molar-refractivity contribution in [3.05, 3.63) is 16.7 Å². The van der Waals surface area contributed by atoms with Crippen LogP contribution < -0.4 is 5.32 Å². The number of carbonyl (C=O) groups excluding carboxylic acids is 1. The van der Waals surface area contributed by atoms with Crippen molar-refractivity contribution >= 4 is 22.8 Å². The number of benzene rings is 1. The number of furan rings is 2. The highest BCUT2D eigenvalue weighted by Gasteiger charge is 2.46. The molecular weight excluding hydrogens is 211 g/mol. The molecule has 2 aromatic rings. The fourth-order valence-corrected chi connectivity index (χ4v) is 1.97. The van der Waals surface area contributed by atoms with Gasteiger partial charge in [0.15, 0.2) is 5.58 Å². The van der Waals surface area contributed by atoms with Crippen LogP contribution in [0, 0.1) is 6.92 Å². The molecule has 0 spiro atoms. The van der Waals surface area contributed by atoms with Gasteiger partial charge in [-0.25, -0.2) is 0 Å². The molecule has 0 aromatic carbocycles. The van der Waals surface area contributed by atoms with E-state index < -0.39 is 17.6 Å². The lowest BCUT2D eigenvalue weighted by atomic mass is 10.1. The van der Waals surface area contributed by atoms with Crippen molar-refractivity contribution in [3.8, 4) is 0 Å². The Morgan fingerprint density at radius 2 is 1.93 bits per heavy atom. The zero-order valence-corrected chi connectivity index (χ0v) is 7.45. The van der Waals surface area contributed by atoms with Crippen LogP contribution in [0.1, 0.15) is 21.5 Å². The minimum atomic E-state index is -4.55. The first kappa shape index (κ1) is 8.58. The van der Waals surface area contributed by atoms with E-state index >= 15 is 0 Å². The predicted octanol–water partition coefficient (Wildman–Crippen LogP) is 2.76. The second kappa shape index (κ2) is 2.10. The van der Waals surface area contributed by atoms with Gasteiger partial charge in [-0.15, -0.1) is 0 Å². The van der Waals surface area contributed by atoms with E-state index in [0.717, 1.165) is 0 Å². The Balaban J connectivity index is 2.46. The van der Waals surface area contributed by atoms with Crippen LogP contribution in [0.2, 0.25) is 0 Å². The number of rotatable bonds is 0. The van der Waals surface area contributed by atoms with Gasteiger partial charge in [-0.2, -0.15) is 13.2 Å². The minimum Gasteiger partial charge on any atom is -0.453 e. The van der Waals surface area contributed by atoms with E-state index in [0.29, 0.717) is 11.3 Å². The molecule has 0 atom stereocenters. The van der Waals surface area contributed by atoms with Crippen LogP contribution in [0.5, 0.6) is 0 Å². The Morgan fingerprint density at radius 3 is 2.53 bits per heavy atom. The number of halogens is 3. The molecule has 6 heteroatoms. The van der Waals surface area contributed by atoms with Crippen molar-refractivity contribution in [2.45, 2.75) is 13.1 Å². The number of fused-ring (bicyclic) bond motifs is 1. The van der Waals surface area contributed by atoms with Gasteiger partial charge in [-0.05, 0) is 6.92 Å². The second-order valence-electron chi connectivity index (χ2n) is 3.46. The number of aryl methyl sites for hydroxylation is 1. The maximum atomic E-state index is 12.6. The molecule has 1 amide bonds. The van der Waals surface area contributed by atoms with E-state index in [1.807, 2.05) is 0 Å². The standard InChI is InChI=1S/C9H4F3NO2/c1-2-5-7-3(8(14)13-5)4(6(2)15-7)9(10,11)12/h1H3,(H,13,14). The summed E-state index contributed by atoms with van der Waals surface area (Å²) in [7, 11) is 0. The summed E-state index contributed by atoms with van der Waals surface area (Å²) in [6.07, 6.45) is -4.55. The monoisotopic (exact) mass is 215 g/mol. The Kier molecular flexibility index (Phi) is 1.20. The molecular formula is C9H4F3NO2. The predicted molar refractivity (Wildman–Crippen MR) is 45.1 cm³/mol. The number of alkyl halides is 3. The number of amides is 1. The minimum absolute atomic E-state index is 0.0276. The first-order valence-corrected chi connectivity index (χ1v) is 4.18. The molecule has 0 saturated heterocycles. The smallest absolute Gasteiger partial charge is 0.420 e. The first-order chi connectivity index (χ1) is 6.91. The molecule has 3 nitrogen and oxygen atoms in total. The third-order valence-electron chi connectivity index (χ3n) is 2.60. The summed E-state index contributed by atoms with van der Waals surface area (Å²) in [6.45, 7) is 1.49. The summed E-state index contributed by atoms with van der Waals surface area (Å²) in [5.41, 5.74) is -0.822. The van der Waals surface area contributed by atoms with E-state index in [2.05, 4.69) is 5.32 Å². The Labute approximate surface area is 81.2 Å². The van der Waals surface area contributed by atoms with Crippen LogP contribution in [0.25, 0.3) is 11.2 Å². The van der Waals surface area contributed by atoms with Gasteiger partial charge in [0, 0.05) is 5.56 Å². The quantitative estimate of drug-likeness (QED) is 0.734. The van der Waals surface area contributed by atoms with Crippen molar-refractivity contribution in [2.75, 3.05) is 5.32 Å². The zero-order chi connectivity index (χ0) is 11.0. The third kappa shape index (κ3) is 0.800. The van der Waals surface area contributed by atoms with E-state index in [4.69, 9.17) is 4.42 Å². The lowest BCUT2D eigenvalue weighted by molar-refractivity contribution is -0.136. The molecule has 1 aliphatic heterocycles. The molecule has 0 unspecified atom stereocenters. The molecule has 1 N–H and O–H groups in total. The van der Waals surface area contributed by atoms with Crippen LogP contribution in [-0.4, -0.2) is 5.91 Å². The number of anilines is 1. The fourth-order valence-electron chi connectivity index (χ4n) is 1.97. The average molecular weight is 215 g/mol. The zero-order valence-electron chi connectivity index (χ0n) is 7.45. The molecule has 3 heterocycles. The van der Waals surface area contributed by atoms with Crippen LogP contribution >= 0.6 is 0 Å². The van der Waals surface area contributed by atoms with E-state index in [1.165, 1.54) is 6.92 Å². The number of hydrogen-bond acceptors (Lipinski definition) is 2. The molecule has 2 aromatic heterocycles. The van der Waals surface area contributed by atoms with Gasteiger partial charge < -0.3 is 9.73 Å². The Bertz CT molecular complexity index is 582. The second-order valence-corrected chi connectivity index (χ2v) is 3.46. The molecule has 78 valence electrons. The highest BCUT2D eigenvalue weighted by atomic mass is 19.4. The van der Waals surface area contributed by atoms with E-state index in [-0.39, 0.29) is 16.7 Å². The number of nitrogens with one attached hydrogen (secondary N) is 1. The number of hydrogen-bond donors (Lipinski definition) is 1. The van der Waals surface area contributed by atoms with Crippen molar-refractivity contribution in [1.82, 2.24) is 0 Å². The van der Waals surface area contributed by atoms with Crippen molar-refractivity contribution in [1.29, 1.82) is 0 Å². The largest absolute Gasteiger partial charge is 0.453 e. The maximum absolute atomic E-state index is 12.6. The van der Waals surface area contributed by atoms with Crippen molar-refractivity contribution in [2.24, 2.45) is 0 Å². The molecule has 1 aliphatic rings. The van der Waals surface area contributed by atoms with Gasteiger partial charge in [0.25, 0.3) is 5.91 Å². The van der Waals surface area contributed by atoms with Crippen LogP contribution in [0.15, 0.2) is 4.42 Å². The van der Waals surface area contributed by atoms with Gasteiger partial charge in [0.05, 0.1) is 5.69 Å². The lowest BCUT2D eigenvalue weighted by Crippen LogP contribution is -2.12. The summed E-state index contributed by atoms with van der Waals surface area (Å²) in [5.74, 6) is -0.737. The van der Waals surface area contributed by atoms with E-state index in [1.54, 1.807) is 0 Å². The lowest BCUT2D eigenvalue weighted by Gasteiger charge is -2.04. The summed E-state index contributed by atoms with van der Waals surface area (Å²) in [4.78, 5) is 11.3. The van der Waals surface area contributed by atoms with Gasteiger partial charge in [0.2, 0.25) is 0 Å². The highest BCUT2D eigenvalue weighted by Crippen LogP contribution is 2.49. The summed E-state index contributed by atoms with van der Waals surface area (Å²) in [6, 6.07) is 0. The van der Waals surface area contributed by atoms with Gasteiger partial charge in [0.1, 0.15) is 16.7 Å². The molecule has 3 rings (SSSR count). The topological polar surface area (TPSA) is 42.2 Å². The molecule has 15 heavy (non-hydrogen) atoms. The highest BCUT2D eigenvalue weighted by molar-refractivity contribution is 6.23. The molecule has 0 radical (unpaired) electrons. The number of carbonyl (C=O) groups is 1. The third-order valence-corrected chi connectivity index (χ3v) is 2.60. The fraction of sp³-hybridized carbons (Fsp3) is 0.222. The van der Waals surface area contributed by atoms with Crippen molar-refractivity contribution < 1.29 is 22.4 Å². The van der Waals surface area contributed by atoms with Gasteiger partial charge >= 0.3 is 6.18 Å². The van der Waals surface area contributed by atoms with E-state index in [9.17, 15) is 18.0 Å². The SMILES string of the molecule is Cc1c2c3oc1c(C(F)(F)F)c3C(=O)N2. The molecule has 2 bridgehead atoms. The molecule has 0 fully saturated rings. The maximum Gasteiger partial charge on any atom is 0.420 e. The Hall–Kier alpha value is -1.72.